The molecule has 0 aromatic carbocycles. The van der Waals surface area contributed by atoms with E-state index in [-0.39, 0.29) is 30.4 Å². The Balaban J connectivity index is 2.26. The van der Waals surface area contributed by atoms with Gasteiger partial charge < -0.3 is 9.64 Å². The second-order valence-corrected chi connectivity index (χ2v) is 4.96. The predicted octanol–water partition coefficient (Wildman–Crippen LogP) is 1.06. The van der Waals surface area contributed by atoms with Crippen molar-refractivity contribution in [1.29, 1.82) is 0 Å². The Morgan fingerprint density at radius 2 is 2.35 bits per heavy atom. The molecule has 0 unspecified atom stereocenters. The average Bonchev–Trinajstić information content (AvgIpc) is 2.85. The van der Waals surface area contributed by atoms with E-state index in [2.05, 4.69) is 11.7 Å². The van der Waals surface area contributed by atoms with Crippen LogP contribution in [0.3, 0.4) is 0 Å². The molecular formula is C14H19N3O3. The van der Waals surface area contributed by atoms with Crippen LogP contribution in [-0.4, -0.2) is 40.2 Å². The van der Waals surface area contributed by atoms with Gasteiger partial charge in [-0.05, 0) is 6.42 Å². The number of piperidine rings is 1. The summed E-state index contributed by atoms with van der Waals surface area (Å²) in [5.74, 6) is -0.619. The Kier molecular flexibility index (Phi) is 4.22. The number of carbonyl (C=O) groups is 2. The standard InChI is InChI=1S/C14H19N3O3/c1-4-7-20-14(19)11-5-6-12(18)17(3)13(11)10-8-15-16(2)9-10/h4,8-9,11,13H,1,5-7H2,2-3H3/t11-,13-/m0/s1. The number of ether oxygens (including phenoxy) is 1. The third kappa shape index (κ3) is 2.74. The van der Waals surface area contributed by atoms with Gasteiger partial charge in [0.25, 0.3) is 0 Å². The van der Waals surface area contributed by atoms with E-state index in [1.54, 1.807) is 29.9 Å². The monoisotopic (exact) mass is 277 g/mol. The summed E-state index contributed by atoms with van der Waals surface area (Å²) in [6.07, 6.45) is 5.91. The lowest BCUT2D eigenvalue weighted by Gasteiger charge is -2.37. The quantitative estimate of drug-likeness (QED) is 0.610. The van der Waals surface area contributed by atoms with Crippen LogP contribution in [0.2, 0.25) is 0 Å². The molecule has 0 N–H and O–H groups in total. The second-order valence-electron chi connectivity index (χ2n) is 4.96. The number of aryl methyl sites for hydroxylation is 1. The zero-order chi connectivity index (χ0) is 14.7. The first-order valence-electron chi connectivity index (χ1n) is 6.56. The van der Waals surface area contributed by atoms with Crippen molar-refractivity contribution in [1.82, 2.24) is 14.7 Å². The van der Waals surface area contributed by atoms with E-state index in [4.69, 9.17) is 4.74 Å². The van der Waals surface area contributed by atoms with Crippen LogP contribution in [0.5, 0.6) is 0 Å². The van der Waals surface area contributed by atoms with Crippen LogP contribution in [-0.2, 0) is 21.4 Å². The maximum Gasteiger partial charge on any atom is 0.311 e. The van der Waals surface area contributed by atoms with E-state index in [9.17, 15) is 9.59 Å². The summed E-state index contributed by atoms with van der Waals surface area (Å²) in [6.45, 7) is 3.72. The SMILES string of the molecule is C=CCOC(=O)[C@H]1CCC(=O)N(C)[C@H]1c1cnn(C)c1. The highest BCUT2D eigenvalue weighted by Gasteiger charge is 2.40. The Morgan fingerprint density at radius 1 is 1.60 bits per heavy atom. The second kappa shape index (κ2) is 5.90. The van der Waals surface area contributed by atoms with Crippen LogP contribution >= 0.6 is 0 Å². The molecule has 1 fully saturated rings. The molecule has 1 aliphatic rings. The van der Waals surface area contributed by atoms with Gasteiger partial charge in [-0.25, -0.2) is 0 Å². The molecule has 2 atom stereocenters. The molecular weight excluding hydrogens is 258 g/mol. The molecule has 0 bridgehead atoms. The van der Waals surface area contributed by atoms with Gasteiger partial charge in [0.2, 0.25) is 5.91 Å². The van der Waals surface area contributed by atoms with E-state index in [0.717, 1.165) is 5.56 Å². The minimum absolute atomic E-state index is 0.0339. The van der Waals surface area contributed by atoms with E-state index in [0.29, 0.717) is 12.8 Å². The Morgan fingerprint density at radius 3 is 2.95 bits per heavy atom. The molecule has 20 heavy (non-hydrogen) atoms. The maximum absolute atomic E-state index is 12.2. The molecule has 1 amide bonds. The van der Waals surface area contributed by atoms with Crippen molar-refractivity contribution in [3.8, 4) is 0 Å². The normalized spacial score (nSPS) is 22.7. The van der Waals surface area contributed by atoms with Crippen LogP contribution in [0.1, 0.15) is 24.4 Å². The van der Waals surface area contributed by atoms with Gasteiger partial charge >= 0.3 is 5.97 Å². The number of nitrogens with zero attached hydrogens (tertiary/aromatic N) is 3. The number of hydrogen-bond donors (Lipinski definition) is 0. The van der Waals surface area contributed by atoms with Crippen molar-refractivity contribution in [3.63, 3.8) is 0 Å². The molecule has 1 saturated heterocycles. The van der Waals surface area contributed by atoms with Crippen molar-refractivity contribution >= 4 is 11.9 Å². The summed E-state index contributed by atoms with van der Waals surface area (Å²) < 4.78 is 6.81. The van der Waals surface area contributed by atoms with Crippen molar-refractivity contribution in [2.24, 2.45) is 13.0 Å². The minimum Gasteiger partial charge on any atom is -0.461 e. The van der Waals surface area contributed by atoms with Crippen molar-refractivity contribution < 1.29 is 14.3 Å². The third-order valence-electron chi connectivity index (χ3n) is 3.57. The first-order chi connectivity index (χ1) is 9.54. The largest absolute Gasteiger partial charge is 0.461 e. The molecule has 1 aromatic rings. The topological polar surface area (TPSA) is 64.4 Å². The molecule has 108 valence electrons. The Bertz CT molecular complexity index is 523. The first-order valence-corrected chi connectivity index (χ1v) is 6.56. The fourth-order valence-corrected chi connectivity index (χ4v) is 2.58. The summed E-state index contributed by atoms with van der Waals surface area (Å²) in [6, 6.07) is -0.317. The lowest BCUT2D eigenvalue weighted by atomic mass is 9.86. The van der Waals surface area contributed by atoms with Crippen molar-refractivity contribution in [2.75, 3.05) is 13.7 Å². The van der Waals surface area contributed by atoms with Crippen molar-refractivity contribution in [2.45, 2.75) is 18.9 Å². The lowest BCUT2D eigenvalue weighted by molar-refractivity contribution is -0.155. The maximum atomic E-state index is 12.2. The van der Waals surface area contributed by atoms with Gasteiger partial charge in [-0.1, -0.05) is 12.7 Å². The number of rotatable bonds is 4. The number of aromatic nitrogens is 2. The van der Waals surface area contributed by atoms with Crippen LogP contribution in [0.4, 0.5) is 0 Å². The molecule has 0 aliphatic carbocycles. The highest BCUT2D eigenvalue weighted by atomic mass is 16.5. The number of likely N-dealkylation sites (tertiary alicyclic amines) is 1. The van der Waals surface area contributed by atoms with Gasteiger partial charge in [0.1, 0.15) is 6.61 Å². The minimum atomic E-state index is -0.359. The Hall–Kier alpha value is -2.11. The van der Waals surface area contributed by atoms with Gasteiger partial charge in [-0.15, -0.1) is 0 Å². The summed E-state index contributed by atoms with van der Waals surface area (Å²) in [5, 5.41) is 4.12. The molecule has 2 heterocycles. The Labute approximate surface area is 118 Å². The number of hydrogen-bond acceptors (Lipinski definition) is 4. The highest BCUT2D eigenvalue weighted by molar-refractivity contribution is 5.82. The van der Waals surface area contributed by atoms with Gasteiger partial charge in [-0.3, -0.25) is 14.3 Å². The molecule has 1 aromatic heterocycles. The molecule has 2 rings (SSSR count). The molecule has 6 heteroatoms. The number of amides is 1. The molecule has 6 nitrogen and oxygen atoms in total. The fraction of sp³-hybridized carbons (Fsp3) is 0.500. The molecule has 0 saturated carbocycles. The summed E-state index contributed by atoms with van der Waals surface area (Å²) in [4.78, 5) is 25.7. The first kappa shape index (κ1) is 14.3. The predicted molar refractivity (Wildman–Crippen MR) is 72.6 cm³/mol. The summed E-state index contributed by atoms with van der Waals surface area (Å²) in [5.41, 5.74) is 0.851. The van der Waals surface area contributed by atoms with Gasteiger partial charge in [0.05, 0.1) is 18.2 Å². The molecule has 0 radical (unpaired) electrons. The van der Waals surface area contributed by atoms with E-state index in [1.807, 2.05) is 6.20 Å². The van der Waals surface area contributed by atoms with Crippen LogP contribution in [0.15, 0.2) is 25.0 Å². The zero-order valence-electron chi connectivity index (χ0n) is 11.8. The highest BCUT2D eigenvalue weighted by Crippen LogP contribution is 2.36. The van der Waals surface area contributed by atoms with Crippen molar-refractivity contribution in [3.05, 3.63) is 30.6 Å². The van der Waals surface area contributed by atoms with Crippen LogP contribution in [0.25, 0.3) is 0 Å². The number of esters is 1. The summed E-state index contributed by atoms with van der Waals surface area (Å²) in [7, 11) is 3.52. The lowest BCUT2D eigenvalue weighted by Crippen LogP contribution is -2.43. The van der Waals surface area contributed by atoms with Crippen LogP contribution in [0, 0.1) is 5.92 Å². The third-order valence-corrected chi connectivity index (χ3v) is 3.57. The van der Waals surface area contributed by atoms with Gasteiger partial charge in [0.15, 0.2) is 0 Å². The van der Waals surface area contributed by atoms with E-state index in [1.165, 1.54) is 6.08 Å². The summed E-state index contributed by atoms with van der Waals surface area (Å²) >= 11 is 0. The fourth-order valence-electron chi connectivity index (χ4n) is 2.58. The van der Waals surface area contributed by atoms with Gasteiger partial charge in [0, 0.05) is 32.3 Å². The number of carbonyl (C=O) groups excluding carboxylic acids is 2. The molecule has 0 spiro atoms. The van der Waals surface area contributed by atoms with E-state index < -0.39 is 0 Å². The van der Waals surface area contributed by atoms with Gasteiger partial charge in [-0.2, -0.15) is 5.10 Å². The average molecular weight is 277 g/mol. The van der Waals surface area contributed by atoms with E-state index >= 15 is 0 Å². The smallest absolute Gasteiger partial charge is 0.311 e. The molecule has 1 aliphatic heterocycles. The zero-order valence-corrected chi connectivity index (χ0v) is 11.8. The van der Waals surface area contributed by atoms with Crippen LogP contribution < -0.4 is 0 Å².